The van der Waals surface area contributed by atoms with E-state index in [1.165, 1.54) is 12.1 Å². The molecule has 0 saturated carbocycles. The summed E-state index contributed by atoms with van der Waals surface area (Å²) in [5, 5.41) is 13.3. The highest BCUT2D eigenvalue weighted by Gasteiger charge is 2.32. The molecule has 1 saturated heterocycles. The highest BCUT2D eigenvalue weighted by Crippen LogP contribution is 2.37. The largest absolute Gasteiger partial charge is 0.573 e. The maximum absolute atomic E-state index is 14.5. The van der Waals surface area contributed by atoms with Gasteiger partial charge >= 0.3 is 6.36 Å². The Morgan fingerprint density at radius 1 is 1.00 bits per heavy atom. The van der Waals surface area contributed by atoms with E-state index < -0.39 is 35.5 Å². The summed E-state index contributed by atoms with van der Waals surface area (Å²) in [6, 6.07) is 5.69. The van der Waals surface area contributed by atoms with E-state index in [2.05, 4.69) is 10.1 Å². The summed E-state index contributed by atoms with van der Waals surface area (Å²) < 4.78 is 68.8. The maximum Gasteiger partial charge on any atom is 0.573 e. The minimum atomic E-state index is -4.82. The lowest BCUT2D eigenvalue weighted by Crippen LogP contribution is -2.45. The fourth-order valence-electron chi connectivity index (χ4n) is 3.19. The standard InChI is InChI=1S/C18H17F5N2O2.2ClH/c19-12-9-14(20)16(15(26)10-12)17(25-7-5-24-6-8-25)11-1-3-13(4-2-11)27-18(21,22)23;;/h1-4,9-10,17,24,26H,5-8H2;2*1H/t17-;;/m1../s1. The predicted molar refractivity (Wildman–Crippen MR) is 102 cm³/mol. The molecular weight excluding hydrogens is 442 g/mol. The highest BCUT2D eigenvalue weighted by atomic mass is 35.5. The molecule has 162 valence electrons. The number of halogens is 7. The predicted octanol–water partition coefficient (Wildman–Crippen LogP) is 4.41. The van der Waals surface area contributed by atoms with Crippen LogP contribution in [0.15, 0.2) is 36.4 Å². The Morgan fingerprint density at radius 2 is 1.59 bits per heavy atom. The number of rotatable bonds is 4. The van der Waals surface area contributed by atoms with Crippen LogP contribution in [-0.2, 0) is 0 Å². The summed E-state index contributed by atoms with van der Waals surface area (Å²) >= 11 is 0. The molecular formula is C18H19Cl2F5N2O2. The summed E-state index contributed by atoms with van der Waals surface area (Å²) in [6.07, 6.45) is -4.82. The van der Waals surface area contributed by atoms with Gasteiger partial charge in [-0.25, -0.2) is 8.78 Å². The first-order valence-corrected chi connectivity index (χ1v) is 8.23. The van der Waals surface area contributed by atoms with Crippen molar-refractivity contribution < 1.29 is 31.8 Å². The van der Waals surface area contributed by atoms with Crippen molar-refractivity contribution in [2.75, 3.05) is 26.2 Å². The molecule has 1 fully saturated rings. The van der Waals surface area contributed by atoms with Crippen LogP contribution in [0.25, 0.3) is 0 Å². The number of hydrogen-bond acceptors (Lipinski definition) is 4. The zero-order valence-corrected chi connectivity index (χ0v) is 16.5. The number of ether oxygens (including phenoxy) is 1. The van der Waals surface area contributed by atoms with Crippen molar-refractivity contribution in [2.45, 2.75) is 12.4 Å². The molecule has 2 aromatic rings. The van der Waals surface area contributed by atoms with Crippen molar-refractivity contribution >= 4 is 24.8 Å². The number of nitrogens with one attached hydrogen (secondary N) is 1. The molecule has 0 bridgehead atoms. The van der Waals surface area contributed by atoms with Crippen molar-refractivity contribution in [3.63, 3.8) is 0 Å². The number of phenols is 1. The first-order valence-electron chi connectivity index (χ1n) is 8.23. The molecule has 11 heteroatoms. The van der Waals surface area contributed by atoms with Crippen LogP contribution >= 0.6 is 24.8 Å². The van der Waals surface area contributed by atoms with E-state index in [0.717, 1.165) is 18.2 Å². The van der Waals surface area contributed by atoms with Gasteiger partial charge < -0.3 is 15.2 Å². The summed E-state index contributed by atoms with van der Waals surface area (Å²) in [5.41, 5.74) is 0.329. The van der Waals surface area contributed by atoms with Gasteiger partial charge in [0.05, 0.1) is 11.6 Å². The molecule has 0 unspecified atom stereocenters. The smallest absolute Gasteiger partial charge is 0.507 e. The number of phenolic OH excluding ortho intramolecular Hbond substituents is 1. The van der Waals surface area contributed by atoms with Gasteiger partial charge in [-0.05, 0) is 17.7 Å². The van der Waals surface area contributed by atoms with Crippen LogP contribution in [0.2, 0.25) is 0 Å². The molecule has 2 aromatic carbocycles. The van der Waals surface area contributed by atoms with Gasteiger partial charge in [-0.2, -0.15) is 0 Å². The van der Waals surface area contributed by atoms with Crippen molar-refractivity contribution in [2.24, 2.45) is 0 Å². The second-order valence-corrected chi connectivity index (χ2v) is 6.13. The normalized spacial score (nSPS) is 15.8. The van der Waals surface area contributed by atoms with Gasteiger partial charge in [0, 0.05) is 38.3 Å². The summed E-state index contributed by atoms with van der Waals surface area (Å²) in [7, 11) is 0. The van der Waals surface area contributed by atoms with Crippen molar-refractivity contribution in [3.8, 4) is 11.5 Å². The Morgan fingerprint density at radius 3 is 2.10 bits per heavy atom. The van der Waals surface area contributed by atoms with Crippen molar-refractivity contribution in [1.82, 2.24) is 10.2 Å². The van der Waals surface area contributed by atoms with Gasteiger partial charge in [0.2, 0.25) is 0 Å². The Kier molecular flexibility index (Phi) is 8.95. The fourth-order valence-corrected chi connectivity index (χ4v) is 3.19. The molecule has 2 N–H and O–H groups in total. The number of aromatic hydroxyl groups is 1. The van der Waals surface area contributed by atoms with Crippen LogP contribution in [0, 0.1) is 11.6 Å². The van der Waals surface area contributed by atoms with E-state index in [1.54, 1.807) is 0 Å². The third kappa shape index (κ3) is 6.33. The van der Waals surface area contributed by atoms with E-state index in [-0.39, 0.29) is 30.4 Å². The third-order valence-corrected chi connectivity index (χ3v) is 4.29. The van der Waals surface area contributed by atoms with Crippen molar-refractivity contribution in [3.05, 3.63) is 59.2 Å². The molecule has 1 atom stereocenters. The molecule has 1 aliphatic rings. The van der Waals surface area contributed by atoms with Crippen LogP contribution in [0.1, 0.15) is 17.2 Å². The molecule has 0 spiro atoms. The Hall–Kier alpha value is -1.81. The molecule has 4 nitrogen and oxygen atoms in total. The lowest BCUT2D eigenvalue weighted by Gasteiger charge is -2.36. The van der Waals surface area contributed by atoms with Gasteiger partial charge in [0.1, 0.15) is 23.1 Å². The lowest BCUT2D eigenvalue weighted by atomic mass is 9.95. The first kappa shape index (κ1) is 25.2. The second-order valence-electron chi connectivity index (χ2n) is 6.13. The van der Waals surface area contributed by atoms with Gasteiger partial charge in [0.25, 0.3) is 0 Å². The molecule has 0 amide bonds. The molecule has 1 heterocycles. The van der Waals surface area contributed by atoms with Crippen LogP contribution < -0.4 is 10.1 Å². The SMILES string of the molecule is Cl.Cl.Oc1cc(F)cc(F)c1[C@@H](c1ccc(OC(F)(F)F)cc1)N1CCNCC1. The Labute approximate surface area is 176 Å². The lowest BCUT2D eigenvalue weighted by molar-refractivity contribution is -0.274. The van der Waals surface area contributed by atoms with Gasteiger partial charge in [-0.15, -0.1) is 38.0 Å². The summed E-state index contributed by atoms with van der Waals surface area (Å²) in [6.45, 7) is 2.27. The van der Waals surface area contributed by atoms with E-state index in [9.17, 15) is 27.1 Å². The monoisotopic (exact) mass is 460 g/mol. The minimum Gasteiger partial charge on any atom is -0.507 e. The average Bonchev–Trinajstić information content (AvgIpc) is 2.58. The van der Waals surface area contributed by atoms with Crippen LogP contribution in [0.3, 0.4) is 0 Å². The van der Waals surface area contributed by atoms with E-state index >= 15 is 0 Å². The number of hydrogen-bond donors (Lipinski definition) is 2. The van der Waals surface area contributed by atoms with Gasteiger partial charge in [-0.1, -0.05) is 12.1 Å². The number of nitrogens with zero attached hydrogens (tertiary/aromatic N) is 1. The Bertz CT molecular complexity index is 777. The van der Waals surface area contributed by atoms with Crippen LogP contribution in [0.4, 0.5) is 22.0 Å². The van der Waals surface area contributed by atoms with E-state index in [4.69, 9.17) is 0 Å². The third-order valence-electron chi connectivity index (χ3n) is 4.29. The zero-order chi connectivity index (χ0) is 19.6. The second kappa shape index (κ2) is 10.3. The van der Waals surface area contributed by atoms with Gasteiger partial charge in [-0.3, -0.25) is 4.90 Å². The summed E-state index contributed by atoms with van der Waals surface area (Å²) in [4.78, 5) is 1.87. The molecule has 3 rings (SSSR count). The van der Waals surface area contributed by atoms with Crippen LogP contribution in [-0.4, -0.2) is 42.5 Å². The van der Waals surface area contributed by atoms with Gasteiger partial charge in [0.15, 0.2) is 0 Å². The van der Waals surface area contributed by atoms with E-state index in [1.807, 2.05) is 4.90 Å². The average molecular weight is 461 g/mol. The van der Waals surface area contributed by atoms with Crippen molar-refractivity contribution in [1.29, 1.82) is 0 Å². The molecule has 0 aromatic heterocycles. The van der Waals surface area contributed by atoms with Crippen LogP contribution in [0.5, 0.6) is 11.5 Å². The zero-order valence-electron chi connectivity index (χ0n) is 14.9. The highest BCUT2D eigenvalue weighted by molar-refractivity contribution is 5.85. The summed E-state index contributed by atoms with van der Waals surface area (Å²) in [5.74, 6) is -2.80. The number of benzene rings is 2. The molecule has 1 aliphatic heterocycles. The quantitative estimate of drug-likeness (QED) is 0.663. The number of piperazine rings is 1. The number of alkyl halides is 3. The fraction of sp³-hybridized carbons (Fsp3) is 0.333. The molecule has 0 radical (unpaired) electrons. The Balaban J connectivity index is 0.00000210. The topological polar surface area (TPSA) is 44.7 Å². The van der Waals surface area contributed by atoms with E-state index in [0.29, 0.717) is 37.8 Å². The molecule has 0 aliphatic carbocycles. The maximum atomic E-state index is 14.5. The molecule has 29 heavy (non-hydrogen) atoms. The first-order chi connectivity index (χ1) is 12.7. The minimum absolute atomic E-state index is 0.